The number of nitrogens with zero attached hydrogens (tertiary/aromatic N) is 6. The van der Waals surface area contributed by atoms with E-state index in [1.165, 1.54) is 0 Å². The Kier molecular flexibility index (Phi) is 4.39. The highest BCUT2D eigenvalue weighted by atomic mass is 16.5. The summed E-state index contributed by atoms with van der Waals surface area (Å²) in [5, 5.41) is 8.79. The molecule has 1 aromatic carbocycles. The van der Waals surface area contributed by atoms with Gasteiger partial charge in [-0.1, -0.05) is 11.2 Å². The molecule has 8 nitrogen and oxygen atoms in total. The van der Waals surface area contributed by atoms with Crippen LogP contribution in [0.1, 0.15) is 22.8 Å². The number of aromatic nitrogens is 5. The van der Waals surface area contributed by atoms with Crippen LogP contribution in [0.5, 0.6) is 0 Å². The van der Waals surface area contributed by atoms with Gasteiger partial charge in [0.2, 0.25) is 5.95 Å². The Bertz CT molecular complexity index is 1220. The van der Waals surface area contributed by atoms with Crippen molar-refractivity contribution in [3.63, 3.8) is 0 Å². The lowest BCUT2D eigenvalue weighted by atomic mass is 10.0. The van der Waals surface area contributed by atoms with E-state index in [1.807, 2.05) is 25.6 Å². The van der Waals surface area contributed by atoms with Gasteiger partial charge in [-0.25, -0.2) is 4.98 Å². The molecule has 0 unspecified atom stereocenters. The van der Waals surface area contributed by atoms with E-state index in [2.05, 4.69) is 51.8 Å². The van der Waals surface area contributed by atoms with Crippen LogP contribution < -0.4 is 4.90 Å². The Labute approximate surface area is 175 Å². The van der Waals surface area contributed by atoms with Crippen molar-refractivity contribution >= 4 is 17.0 Å². The number of morpholine rings is 1. The van der Waals surface area contributed by atoms with Gasteiger partial charge in [-0.3, -0.25) is 9.25 Å². The molecule has 30 heavy (non-hydrogen) atoms. The standard InChI is InChI=1S/C22H26N6O2/c1-13-20(16(4)30-25-13)17-6-7-18-19(12-17)28(21-14(2)24-26(5)15(21)3)22(23-18)27-8-10-29-11-9-27/h6-7,12H,8-11H2,1-5H3. The average molecular weight is 406 g/mol. The lowest BCUT2D eigenvalue weighted by Crippen LogP contribution is -2.37. The van der Waals surface area contributed by atoms with Crippen LogP contribution in [-0.4, -0.2) is 50.8 Å². The number of fused-ring (bicyclic) bond motifs is 1. The third-order valence-electron chi connectivity index (χ3n) is 5.95. The highest BCUT2D eigenvalue weighted by molar-refractivity contribution is 5.87. The summed E-state index contributed by atoms with van der Waals surface area (Å²) < 4.78 is 15.2. The molecular formula is C22H26N6O2. The fourth-order valence-corrected chi connectivity index (χ4v) is 4.40. The van der Waals surface area contributed by atoms with E-state index >= 15 is 0 Å². The molecule has 0 atom stereocenters. The summed E-state index contributed by atoms with van der Waals surface area (Å²) in [7, 11) is 1.98. The summed E-state index contributed by atoms with van der Waals surface area (Å²) in [5.41, 5.74) is 8.17. The molecule has 3 aromatic heterocycles. The Balaban J connectivity index is 1.79. The zero-order valence-electron chi connectivity index (χ0n) is 18.1. The normalized spacial score (nSPS) is 14.8. The van der Waals surface area contributed by atoms with Crippen molar-refractivity contribution in [3.05, 3.63) is 41.0 Å². The van der Waals surface area contributed by atoms with Crippen LogP contribution in [-0.2, 0) is 11.8 Å². The molecule has 0 N–H and O–H groups in total. The van der Waals surface area contributed by atoms with Crippen LogP contribution in [0.4, 0.5) is 5.95 Å². The summed E-state index contributed by atoms with van der Waals surface area (Å²) in [6, 6.07) is 6.36. The minimum Gasteiger partial charge on any atom is -0.378 e. The summed E-state index contributed by atoms with van der Waals surface area (Å²) in [4.78, 5) is 7.33. The van der Waals surface area contributed by atoms with Crippen LogP contribution in [0.2, 0.25) is 0 Å². The van der Waals surface area contributed by atoms with Crippen LogP contribution in [0, 0.1) is 27.7 Å². The second-order valence-electron chi connectivity index (χ2n) is 7.89. The summed E-state index contributed by atoms with van der Waals surface area (Å²) in [6.45, 7) is 11.1. The molecule has 156 valence electrons. The number of rotatable bonds is 3. The first-order valence-corrected chi connectivity index (χ1v) is 10.2. The van der Waals surface area contributed by atoms with E-state index < -0.39 is 0 Å². The molecule has 1 saturated heterocycles. The Morgan fingerprint density at radius 1 is 1.00 bits per heavy atom. The van der Waals surface area contributed by atoms with Gasteiger partial charge in [0.15, 0.2) is 0 Å². The van der Waals surface area contributed by atoms with Crippen molar-refractivity contribution in [2.45, 2.75) is 27.7 Å². The van der Waals surface area contributed by atoms with Crippen molar-refractivity contribution in [1.82, 2.24) is 24.5 Å². The Morgan fingerprint density at radius 3 is 2.40 bits per heavy atom. The predicted molar refractivity (Wildman–Crippen MR) is 115 cm³/mol. The molecule has 0 saturated carbocycles. The van der Waals surface area contributed by atoms with Crippen molar-refractivity contribution in [2.75, 3.05) is 31.2 Å². The van der Waals surface area contributed by atoms with Crippen LogP contribution in [0.15, 0.2) is 22.7 Å². The number of anilines is 1. The molecule has 0 spiro atoms. The Morgan fingerprint density at radius 2 is 1.77 bits per heavy atom. The van der Waals surface area contributed by atoms with E-state index in [0.717, 1.165) is 69.7 Å². The van der Waals surface area contributed by atoms with Crippen LogP contribution >= 0.6 is 0 Å². The van der Waals surface area contributed by atoms with Gasteiger partial charge in [-0.05, 0) is 45.4 Å². The fraction of sp³-hybridized carbons (Fsp3) is 0.409. The largest absolute Gasteiger partial charge is 0.378 e. The maximum absolute atomic E-state index is 5.57. The number of imidazole rings is 1. The van der Waals surface area contributed by atoms with Gasteiger partial charge in [0, 0.05) is 25.7 Å². The van der Waals surface area contributed by atoms with Gasteiger partial charge in [0.05, 0.1) is 47.0 Å². The average Bonchev–Trinajstić information content (AvgIpc) is 3.35. The zero-order valence-corrected chi connectivity index (χ0v) is 18.1. The maximum atomic E-state index is 5.57. The minimum absolute atomic E-state index is 0.707. The fourth-order valence-electron chi connectivity index (χ4n) is 4.40. The number of ether oxygens (including phenoxy) is 1. The van der Waals surface area contributed by atoms with Gasteiger partial charge >= 0.3 is 0 Å². The second-order valence-corrected chi connectivity index (χ2v) is 7.89. The predicted octanol–water partition coefficient (Wildman–Crippen LogP) is 3.48. The SMILES string of the molecule is Cc1noc(C)c1-c1ccc2nc(N3CCOCC3)n(-c3c(C)nn(C)c3C)c2c1. The molecule has 4 heterocycles. The number of hydrogen-bond acceptors (Lipinski definition) is 6. The summed E-state index contributed by atoms with van der Waals surface area (Å²) in [6.07, 6.45) is 0. The van der Waals surface area contributed by atoms with E-state index in [0.29, 0.717) is 13.2 Å². The van der Waals surface area contributed by atoms with Gasteiger partial charge < -0.3 is 14.2 Å². The third-order valence-corrected chi connectivity index (χ3v) is 5.95. The molecule has 1 aliphatic rings. The van der Waals surface area contributed by atoms with Gasteiger partial charge in [-0.2, -0.15) is 5.10 Å². The lowest BCUT2D eigenvalue weighted by molar-refractivity contribution is 0.122. The highest BCUT2D eigenvalue weighted by Gasteiger charge is 2.25. The molecule has 0 bridgehead atoms. The first kappa shape index (κ1) is 18.9. The van der Waals surface area contributed by atoms with Crippen molar-refractivity contribution in [2.24, 2.45) is 7.05 Å². The minimum atomic E-state index is 0.707. The summed E-state index contributed by atoms with van der Waals surface area (Å²) in [5.74, 6) is 1.75. The van der Waals surface area contributed by atoms with Crippen LogP contribution in [0.25, 0.3) is 27.8 Å². The molecule has 4 aromatic rings. The third kappa shape index (κ3) is 2.82. The van der Waals surface area contributed by atoms with Crippen molar-refractivity contribution < 1.29 is 9.26 Å². The van der Waals surface area contributed by atoms with Gasteiger partial charge in [0.1, 0.15) is 5.76 Å². The molecule has 5 rings (SSSR count). The van der Waals surface area contributed by atoms with Crippen molar-refractivity contribution in [1.29, 1.82) is 0 Å². The first-order valence-electron chi connectivity index (χ1n) is 10.2. The first-order chi connectivity index (χ1) is 14.5. The quantitative estimate of drug-likeness (QED) is 0.519. The molecule has 1 fully saturated rings. The zero-order chi connectivity index (χ0) is 21.0. The van der Waals surface area contributed by atoms with E-state index in [4.69, 9.17) is 14.2 Å². The van der Waals surface area contributed by atoms with Crippen LogP contribution in [0.3, 0.4) is 0 Å². The topological polar surface area (TPSA) is 74.1 Å². The van der Waals surface area contributed by atoms with E-state index in [1.54, 1.807) is 0 Å². The number of hydrogen-bond donors (Lipinski definition) is 0. The van der Waals surface area contributed by atoms with E-state index in [9.17, 15) is 0 Å². The van der Waals surface area contributed by atoms with E-state index in [-0.39, 0.29) is 0 Å². The number of benzene rings is 1. The molecule has 8 heteroatoms. The molecule has 0 amide bonds. The highest BCUT2D eigenvalue weighted by Crippen LogP contribution is 2.35. The Hall–Kier alpha value is -3.13. The maximum Gasteiger partial charge on any atom is 0.211 e. The number of aryl methyl sites for hydroxylation is 4. The molecule has 0 radical (unpaired) electrons. The molecule has 0 aliphatic carbocycles. The molecule has 1 aliphatic heterocycles. The summed E-state index contributed by atoms with van der Waals surface area (Å²) >= 11 is 0. The van der Waals surface area contributed by atoms with Gasteiger partial charge in [0.25, 0.3) is 0 Å². The smallest absolute Gasteiger partial charge is 0.211 e. The second kappa shape index (κ2) is 6.98. The monoisotopic (exact) mass is 406 g/mol. The van der Waals surface area contributed by atoms with Crippen molar-refractivity contribution in [3.8, 4) is 16.8 Å². The molecular weight excluding hydrogens is 380 g/mol. The van der Waals surface area contributed by atoms with Gasteiger partial charge in [-0.15, -0.1) is 0 Å². The lowest BCUT2D eigenvalue weighted by Gasteiger charge is -2.28.